The first-order valence-corrected chi connectivity index (χ1v) is 4.50. The minimum Gasteiger partial charge on any atom is -0.480 e. The van der Waals surface area contributed by atoms with Gasteiger partial charge in [0.05, 0.1) is 0 Å². The minimum absolute atomic E-state index is 0.419. The summed E-state index contributed by atoms with van der Waals surface area (Å²) in [5.74, 6) is -0.0773. The van der Waals surface area contributed by atoms with Crippen LogP contribution in [0.25, 0.3) is 0 Å². The maximum atomic E-state index is 10.4. The van der Waals surface area contributed by atoms with Crippen LogP contribution in [0, 0.1) is 5.92 Å². The lowest BCUT2D eigenvalue weighted by atomic mass is 10.1. The average molecular weight is 173 g/mol. The fourth-order valence-corrected chi connectivity index (χ4v) is 0.916. The lowest BCUT2D eigenvalue weighted by molar-refractivity contribution is -0.138. The van der Waals surface area contributed by atoms with Crippen LogP contribution >= 0.6 is 0 Å². The summed E-state index contributed by atoms with van der Waals surface area (Å²) in [5.41, 5.74) is 0. The Balaban J connectivity index is 3.25. The van der Waals surface area contributed by atoms with E-state index in [9.17, 15) is 4.79 Å². The fourth-order valence-electron chi connectivity index (χ4n) is 0.916. The second-order valence-corrected chi connectivity index (χ2v) is 3.55. The van der Waals surface area contributed by atoms with E-state index in [4.69, 9.17) is 5.11 Å². The molecule has 0 amide bonds. The van der Waals surface area contributed by atoms with Crippen LogP contribution in [0.15, 0.2) is 0 Å². The summed E-state index contributed by atoms with van der Waals surface area (Å²) in [6.45, 7) is 6.80. The average Bonchev–Trinajstić information content (AvgIpc) is 1.97. The van der Waals surface area contributed by atoms with Crippen molar-refractivity contribution in [3.8, 4) is 0 Å². The Bertz CT molecular complexity index is 134. The van der Waals surface area contributed by atoms with Crippen molar-refractivity contribution in [2.24, 2.45) is 5.92 Å². The number of nitrogens with one attached hydrogen (secondary N) is 1. The van der Waals surface area contributed by atoms with Crippen molar-refractivity contribution in [1.29, 1.82) is 0 Å². The van der Waals surface area contributed by atoms with Gasteiger partial charge in [-0.05, 0) is 32.2 Å². The molecule has 3 heteroatoms. The van der Waals surface area contributed by atoms with Gasteiger partial charge in [0.15, 0.2) is 0 Å². The second-order valence-electron chi connectivity index (χ2n) is 3.55. The van der Waals surface area contributed by atoms with Crippen LogP contribution < -0.4 is 5.32 Å². The molecule has 0 fully saturated rings. The molecule has 0 heterocycles. The van der Waals surface area contributed by atoms with Crippen molar-refractivity contribution in [2.45, 2.75) is 39.7 Å². The number of hydrogen-bond acceptors (Lipinski definition) is 2. The van der Waals surface area contributed by atoms with Gasteiger partial charge in [0.25, 0.3) is 0 Å². The van der Waals surface area contributed by atoms with Gasteiger partial charge in [-0.3, -0.25) is 4.79 Å². The van der Waals surface area contributed by atoms with E-state index in [-0.39, 0.29) is 0 Å². The third kappa shape index (κ3) is 6.16. The van der Waals surface area contributed by atoms with E-state index < -0.39 is 12.0 Å². The molecule has 0 aromatic heterocycles. The van der Waals surface area contributed by atoms with Crippen molar-refractivity contribution in [3.05, 3.63) is 0 Å². The summed E-state index contributed by atoms with van der Waals surface area (Å²) in [6, 6.07) is -0.419. The first-order chi connectivity index (χ1) is 5.54. The molecule has 1 atom stereocenters. The molecular formula is C9H19NO2. The summed E-state index contributed by atoms with van der Waals surface area (Å²) in [5, 5.41) is 11.5. The highest BCUT2D eigenvalue weighted by molar-refractivity contribution is 5.72. The molecule has 0 bridgehead atoms. The molecule has 1 unspecified atom stereocenters. The molecular weight excluding hydrogens is 154 g/mol. The van der Waals surface area contributed by atoms with Crippen LogP contribution in [0.2, 0.25) is 0 Å². The molecule has 12 heavy (non-hydrogen) atoms. The van der Waals surface area contributed by atoms with Crippen LogP contribution in [0.3, 0.4) is 0 Å². The summed E-state index contributed by atoms with van der Waals surface area (Å²) < 4.78 is 0. The predicted molar refractivity (Wildman–Crippen MR) is 49.2 cm³/mol. The summed E-state index contributed by atoms with van der Waals surface area (Å²) >= 11 is 0. The van der Waals surface area contributed by atoms with Crippen LogP contribution in [0.4, 0.5) is 0 Å². The Morgan fingerprint density at radius 1 is 1.42 bits per heavy atom. The quantitative estimate of drug-likeness (QED) is 0.598. The van der Waals surface area contributed by atoms with Gasteiger partial charge in [0.2, 0.25) is 0 Å². The first-order valence-electron chi connectivity index (χ1n) is 4.50. The highest BCUT2D eigenvalue weighted by atomic mass is 16.4. The Morgan fingerprint density at radius 3 is 2.42 bits per heavy atom. The SMILES string of the molecule is CC(C)CCCNC(C)C(=O)O. The number of rotatable bonds is 6. The normalized spacial score (nSPS) is 13.3. The van der Waals surface area contributed by atoms with Crippen LogP contribution in [0.1, 0.15) is 33.6 Å². The minimum atomic E-state index is -0.778. The van der Waals surface area contributed by atoms with Crippen LogP contribution in [-0.4, -0.2) is 23.7 Å². The molecule has 0 aromatic rings. The van der Waals surface area contributed by atoms with E-state index >= 15 is 0 Å². The molecule has 0 rings (SSSR count). The third-order valence-corrected chi connectivity index (χ3v) is 1.78. The standard InChI is InChI=1S/C9H19NO2/c1-7(2)5-4-6-10-8(3)9(11)12/h7-8,10H,4-6H2,1-3H3,(H,11,12). The number of carboxylic acid groups (broad SMARTS) is 1. The second kappa shape index (κ2) is 6.00. The zero-order valence-corrected chi connectivity index (χ0v) is 8.13. The molecule has 72 valence electrons. The molecule has 0 aliphatic heterocycles. The zero-order valence-electron chi connectivity index (χ0n) is 8.13. The maximum absolute atomic E-state index is 10.4. The Morgan fingerprint density at radius 2 is 2.00 bits per heavy atom. The lowest BCUT2D eigenvalue weighted by Gasteiger charge is -2.09. The monoisotopic (exact) mass is 173 g/mol. The smallest absolute Gasteiger partial charge is 0.320 e. The van der Waals surface area contributed by atoms with Gasteiger partial charge >= 0.3 is 5.97 Å². The van der Waals surface area contributed by atoms with Gasteiger partial charge in [0.1, 0.15) is 6.04 Å². The number of carbonyl (C=O) groups is 1. The van der Waals surface area contributed by atoms with E-state index in [0.717, 1.165) is 19.4 Å². The molecule has 0 spiro atoms. The number of hydrogen-bond donors (Lipinski definition) is 2. The summed E-state index contributed by atoms with van der Waals surface area (Å²) in [6.07, 6.45) is 2.20. The van der Waals surface area contributed by atoms with Crippen molar-refractivity contribution in [2.75, 3.05) is 6.54 Å². The van der Waals surface area contributed by atoms with E-state index in [1.807, 2.05) is 0 Å². The van der Waals surface area contributed by atoms with E-state index in [2.05, 4.69) is 19.2 Å². The molecule has 0 saturated carbocycles. The van der Waals surface area contributed by atoms with Crippen molar-refractivity contribution >= 4 is 5.97 Å². The van der Waals surface area contributed by atoms with Crippen molar-refractivity contribution in [1.82, 2.24) is 5.32 Å². The summed E-state index contributed by atoms with van der Waals surface area (Å²) in [4.78, 5) is 10.4. The Kier molecular flexibility index (Phi) is 5.72. The molecule has 0 aliphatic rings. The fraction of sp³-hybridized carbons (Fsp3) is 0.889. The van der Waals surface area contributed by atoms with E-state index in [1.54, 1.807) is 6.92 Å². The van der Waals surface area contributed by atoms with Crippen LogP contribution in [-0.2, 0) is 4.79 Å². The van der Waals surface area contributed by atoms with Crippen LogP contribution in [0.5, 0.6) is 0 Å². The largest absolute Gasteiger partial charge is 0.480 e. The zero-order chi connectivity index (χ0) is 9.56. The van der Waals surface area contributed by atoms with E-state index in [1.165, 1.54) is 0 Å². The maximum Gasteiger partial charge on any atom is 0.320 e. The molecule has 3 nitrogen and oxygen atoms in total. The van der Waals surface area contributed by atoms with Gasteiger partial charge in [-0.15, -0.1) is 0 Å². The highest BCUT2D eigenvalue weighted by Gasteiger charge is 2.08. The third-order valence-electron chi connectivity index (χ3n) is 1.78. The van der Waals surface area contributed by atoms with Gasteiger partial charge in [-0.1, -0.05) is 13.8 Å². The summed E-state index contributed by atoms with van der Waals surface area (Å²) in [7, 11) is 0. The van der Waals surface area contributed by atoms with E-state index in [0.29, 0.717) is 5.92 Å². The molecule has 2 N–H and O–H groups in total. The van der Waals surface area contributed by atoms with Crippen molar-refractivity contribution < 1.29 is 9.90 Å². The highest BCUT2D eigenvalue weighted by Crippen LogP contribution is 2.01. The first kappa shape index (κ1) is 11.4. The van der Waals surface area contributed by atoms with Gasteiger partial charge in [-0.25, -0.2) is 0 Å². The van der Waals surface area contributed by atoms with Gasteiger partial charge in [0, 0.05) is 0 Å². The number of aliphatic carboxylic acids is 1. The van der Waals surface area contributed by atoms with Gasteiger partial charge < -0.3 is 10.4 Å². The predicted octanol–water partition coefficient (Wildman–Crippen LogP) is 1.49. The topological polar surface area (TPSA) is 49.3 Å². The molecule has 0 aliphatic carbocycles. The number of carboxylic acids is 1. The molecule has 0 aromatic carbocycles. The van der Waals surface area contributed by atoms with Gasteiger partial charge in [-0.2, -0.15) is 0 Å². The molecule has 0 radical (unpaired) electrons. The molecule has 0 saturated heterocycles. The lowest BCUT2D eigenvalue weighted by Crippen LogP contribution is -2.34. The Hall–Kier alpha value is -0.570. The van der Waals surface area contributed by atoms with Crippen molar-refractivity contribution in [3.63, 3.8) is 0 Å². The Labute approximate surface area is 74.2 Å².